The summed E-state index contributed by atoms with van der Waals surface area (Å²) in [6.07, 6.45) is 3.41. The summed E-state index contributed by atoms with van der Waals surface area (Å²) >= 11 is 0. The number of carbonyl (C=O) groups excluding carboxylic acids is 2. The summed E-state index contributed by atoms with van der Waals surface area (Å²) in [5.74, 6) is 0.397. The minimum atomic E-state index is -1.36. The Labute approximate surface area is 332 Å². The molecule has 0 fully saturated rings. The van der Waals surface area contributed by atoms with Crippen molar-refractivity contribution in [3.8, 4) is 11.5 Å². The van der Waals surface area contributed by atoms with Crippen LogP contribution in [0, 0.1) is 12.8 Å². The first kappa shape index (κ1) is 41.7. The number of rotatable bonds is 19. The molecule has 0 spiro atoms. The predicted octanol–water partition coefficient (Wildman–Crippen LogP) is 9.67. The Kier molecular flexibility index (Phi) is 13.7. The number of hydrogen-bond acceptors (Lipinski definition) is 7. The van der Waals surface area contributed by atoms with E-state index in [9.17, 15) is 19.8 Å². The molecular formula is C49H55NO6. The van der Waals surface area contributed by atoms with E-state index in [-0.39, 0.29) is 24.1 Å². The predicted molar refractivity (Wildman–Crippen MR) is 225 cm³/mol. The van der Waals surface area contributed by atoms with Gasteiger partial charge in [-0.3, -0.25) is 9.59 Å². The molecule has 0 aliphatic carbocycles. The van der Waals surface area contributed by atoms with Crippen molar-refractivity contribution in [3.05, 3.63) is 161 Å². The van der Waals surface area contributed by atoms with Crippen molar-refractivity contribution in [2.75, 3.05) is 18.1 Å². The topological polar surface area (TPSA) is 96.3 Å². The SMILES string of the molecule is C=C(C)C(=O)C(C)(CO)Oc1ccc(CCc2ccc(N(c3ccc(C)cc3)c3ccc(CCc4ccc(OC(C)(CO)C(=O)C(C)C)cc4)cc3)cc2)cc1. The van der Waals surface area contributed by atoms with Crippen molar-refractivity contribution in [3.63, 3.8) is 0 Å². The minimum absolute atomic E-state index is 0.128. The van der Waals surface area contributed by atoms with Crippen LogP contribution in [0.15, 0.2) is 133 Å². The van der Waals surface area contributed by atoms with E-state index < -0.39 is 17.8 Å². The van der Waals surface area contributed by atoms with Crippen molar-refractivity contribution in [1.29, 1.82) is 0 Å². The average Bonchev–Trinajstić information content (AvgIpc) is 3.21. The lowest BCUT2D eigenvalue weighted by atomic mass is 9.93. The highest BCUT2D eigenvalue weighted by Crippen LogP contribution is 2.35. The van der Waals surface area contributed by atoms with E-state index in [0.29, 0.717) is 17.1 Å². The summed E-state index contributed by atoms with van der Waals surface area (Å²) in [5, 5.41) is 19.7. The fourth-order valence-electron chi connectivity index (χ4n) is 6.68. The van der Waals surface area contributed by atoms with Crippen LogP contribution in [0.25, 0.3) is 0 Å². The van der Waals surface area contributed by atoms with Gasteiger partial charge in [0.05, 0.1) is 13.2 Å². The Balaban J connectivity index is 1.23. The van der Waals surface area contributed by atoms with Gasteiger partial charge in [0.15, 0.2) is 17.0 Å². The Morgan fingerprint density at radius 2 is 0.911 bits per heavy atom. The number of ketones is 2. The molecule has 2 unspecified atom stereocenters. The molecule has 5 aromatic carbocycles. The number of aliphatic hydroxyl groups excluding tert-OH is 2. The summed E-state index contributed by atoms with van der Waals surface area (Å²) in [7, 11) is 0. The van der Waals surface area contributed by atoms with Gasteiger partial charge in [0.1, 0.15) is 11.5 Å². The smallest absolute Gasteiger partial charge is 0.203 e. The highest BCUT2D eigenvalue weighted by Gasteiger charge is 2.37. The van der Waals surface area contributed by atoms with E-state index in [4.69, 9.17) is 9.47 Å². The van der Waals surface area contributed by atoms with Gasteiger partial charge >= 0.3 is 0 Å². The van der Waals surface area contributed by atoms with Crippen LogP contribution in [0.1, 0.15) is 62.4 Å². The van der Waals surface area contributed by atoms with Crippen LogP contribution in [-0.4, -0.2) is 46.2 Å². The van der Waals surface area contributed by atoms with E-state index in [1.54, 1.807) is 20.8 Å². The molecule has 0 radical (unpaired) electrons. The highest BCUT2D eigenvalue weighted by molar-refractivity contribution is 6.01. The molecule has 0 amide bonds. The Morgan fingerprint density at radius 1 is 0.589 bits per heavy atom. The number of nitrogens with zero attached hydrogens (tertiary/aromatic N) is 1. The standard InChI is InChI=1S/C49H55NO6/c1-34(2)46(53)48(6,32-51)55-44-28-18-39(19-29-44)12-10-37-14-24-42(25-15-37)50(41-22-8-36(5)9-23-41)43-26-16-38(17-27-43)11-13-40-20-30-45(31-21-40)56-49(7,33-52)47(54)35(3)4/h8-9,14-31,35,51-52H,1,10-13,32-33H2,2-7H3. The molecule has 5 aromatic rings. The molecule has 0 saturated heterocycles. The number of hydrogen-bond donors (Lipinski definition) is 2. The number of anilines is 3. The van der Waals surface area contributed by atoms with Gasteiger partial charge in [0.25, 0.3) is 0 Å². The molecule has 0 heterocycles. The van der Waals surface area contributed by atoms with Crippen LogP contribution in [-0.2, 0) is 35.3 Å². The summed E-state index contributed by atoms with van der Waals surface area (Å²) in [5.41, 5.74) is 6.88. The first-order valence-corrected chi connectivity index (χ1v) is 19.3. The number of carbonyl (C=O) groups is 2. The van der Waals surface area contributed by atoms with Gasteiger partial charge in [0, 0.05) is 23.0 Å². The molecule has 56 heavy (non-hydrogen) atoms. The van der Waals surface area contributed by atoms with Gasteiger partial charge in [-0.2, -0.15) is 0 Å². The van der Waals surface area contributed by atoms with Gasteiger partial charge in [-0.05, 0) is 142 Å². The first-order valence-electron chi connectivity index (χ1n) is 19.3. The molecule has 0 aliphatic heterocycles. The van der Waals surface area contributed by atoms with E-state index in [2.05, 4.69) is 91.2 Å². The maximum atomic E-state index is 12.6. The zero-order chi connectivity index (χ0) is 40.5. The lowest BCUT2D eigenvalue weighted by molar-refractivity contribution is -0.139. The lowest BCUT2D eigenvalue weighted by Crippen LogP contribution is -2.47. The molecule has 0 bridgehead atoms. The zero-order valence-electron chi connectivity index (χ0n) is 33.5. The van der Waals surface area contributed by atoms with Crippen LogP contribution in [0.4, 0.5) is 17.1 Å². The molecular weight excluding hydrogens is 699 g/mol. The molecule has 0 aromatic heterocycles. The molecule has 292 valence electrons. The van der Waals surface area contributed by atoms with Gasteiger partial charge < -0.3 is 24.6 Å². The summed E-state index contributed by atoms with van der Waals surface area (Å²) in [4.78, 5) is 27.4. The van der Waals surface area contributed by atoms with E-state index in [0.717, 1.165) is 53.9 Å². The Bertz CT molecular complexity index is 2070. The van der Waals surface area contributed by atoms with Gasteiger partial charge in [-0.15, -0.1) is 0 Å². The van der Waals surface area contributed by atoms with Crippen molar-refractivity contribution in [1.82, 2.24) is 0 Å². The van der Waals surface area contributed by atoms with Crippen LogP contribution < -0.4 is 14.4 Å². The third kappa shape index (κ3) is 10.4. The second kappa shape index (κ2) is 18.4. The number of Topliss-reactive ketones (excluding diaryl/α,β-unsaturated/α-hetero) is 2. The van der Waals surface area contributed by atoms with Crippen molar-refractivity contribution in [2.24, 2.45) is 5.92 Å². The maximum Gasteiger partial charge on any atom is 0.203 e. The first-order chi connectivity index (χ1) is 26.7. The fraction of sp³-hybridized carbons (Fsp3) is 0.306. The Morgan fingerprint density at radius 3 is 1.23 bits per heavy atom. The van der Waals surface area contributed by atoms with Gasteiger partial charge in [0.2, 0.25) is 5.78 Å². The largest absolute Gasteiger partial charge is 0.477 e. The number of aliphatic hydroxyl groups is 2. The molecule has 7 nitrogen and oxygen atoms in total. The number of aryl methyl sites for hydroxylation is 5. The maximum absolute atomic E-state index is 12.6. The quantitative estimate of drug-likeness (QED) is 0.0811. The fourth-order valence-corrected chi connectivity index (χ4v) is 6.68. The van der Waals surface area contributed by atoms with Crippen LogP contribution in [0.2, 0.25) is 0 Å². The average molecular weight is 754 g/mol. The van der Waals surface area contributed by atoms with E-state index in [1.165, 1.54) is 16.7 Å². The second-order valence-electron chi connectivity index (χ2n) is 15.4. The summed E-state index contributed by atoms with van der Waals surface area (Å²) in [6, 6.07) is 41.4. The normalized spacial score (nSPS) is 13.4. The molecule has 0 aliphatic rings. The van der Waals surface area contributed by atoms with Crippen LogP contribution in [0.5, 0.6) is 11.5 Å². The Hall–Kier alpha value is -5.50. The third-order valence-electron chi connectivity index (χ3n) is 10.1. The number of benzene rings is 5. The van der Waals surface area contributed by atoms with Crippen molar-refractivity contribution < 1.29 is 29.3 Å². The molecule has 2 atom stereocenters. The van der Waals surface area contributed by atoms with Gasteiger partial charge in [-0.1, -0.05) is 86.7 Å². The molecule has 2 N–H and O–H groups in total. The molecule has 5 rings (SSSR count). The lowest BCUT2D eigenvalue weighted by Gasteiger charge is -2.29. The monoisotopic (exact) mass is 753 g/mol. The summed E-state index contributed by atoms with van der Waals surface area (Å²) < 4.78 is 11.8. The van der Waals surface area contributed by atoms with Crippen molar-refractivity contribution >= 4 is 28.6 Å². The minimum Gasteiger partial charge on any atom is -0.477 e. The van der Waals surface area contributed by atoms with E-state index in [1.807, 2.05) is 62.4 Å². The molecule has 7 heteroatoms. The molecule has 0 saturated carbocycles. The zero-order valence-corrected chi connectivity index (χ0v) is 33.5. The third-order valence-corrected chi connectivity index (χ3v) is 10.1. The van der Waals surface area contributed by atoms with E-state index >= 15 is 0 Å². The second-order valence-corrected chi connectivity index (χ2v) is 15.4. The van der Waals surface area contributed by atoms with Gasteiger partial charge in [-0.25, -0.2) is 0 Å². The van der Waals surface area contributed by atoms with Crippen LogP contribution >= 0.6 is 0 Å². The van der Waals surface area contributed by atoms with Crippen LogP contribution in [0.3, 0.4) is 0 Å². The number of ether oxygens (including phenoxy) is 2. The highest BCUT2D eigenvalue weighted by atomic mass is 16.5. The summed E-state index contributed by atoms with van der Waals surface area (Å²) in [6.45, 7) is 13.4. The van der Waals surface area contributed by atoms with Crippen molar-refractivity contribution in [2.45, 2.75) is 78.4 Å².